The highest BCUT2D eigenvalue weighted by atomic mass is 16.2. The molecule has 1 heterocycles. The van der Waals surface area contributed by atoms with E-state index in [1.54, 1.807) is 4.90 Å². The van der Waals surface area contributed by atoms with Crippen molar-refractivity contribution in [3.8, 4) is 0 Å². The highest BCUT2D eigenvalue weighted by molar-refractivity contribution is 5.83. The average molecular weight is 198 g/mol. The van der Waals surface area contributed by atoms with E-state index in [1.165, 1.54) is 0 Å². The highest BCUT2D eigenvalue weighted by Gasteiger charge is 2.28. The molecule has 1 saturated heterocycles. The number of hydrogen-bond acceptors (Lipinski definition) is 2. The molecule has 0 aromatic carbocycles. The molecule has 0 saturated carbocycles. The second kappa shape index (κ2) is 4.30. The van der Waals surface area contributed by atoms with Gasteiger partial charge in [-0.05, 0) is 24.8 Å². The Morgan fingerprint density at radius 3 is 2.57 bits per heavy atom. The molecule has 0 aromatic rings. The third-order valence-electron chi connectivity index (χ3n) is 2.69. The summed E-state index contributed by atoms with van der Waals surface area (Å²) in [4.78, 5) is 13.3. The molecule has 1 aliphatic rings. The van der Waals surface area contributed by atoms with Crippen molar-refractivity contribution in [2.45, 2.75) is 39.7 Å². The topological polar surface area (TPSA) is 32.3 Å². The van der Waals surface area contributed by atoms with Gasteiger partial charge in [0.2, 0.25) is 5.91 Å². The predicted molar refractivity (Wildman–Crippen MR) is 58.1 cm³/mol. The van der Waals surface area contributed by atoms with Gasteiger partial charge in [-0.3, -0.25) is 4.79 Å². The summed E-state index contributed by atoms with van der Waals surface area (Å²) in [6.07, 6.45) is 2.07. The van der Waals surface area contributed by atoms with E-state index in [-0.39, 0.29) is 11.9 Å². The second-order valence-corrected chi connectivity index (χ2v) is 5.37. The minimum Gasteiger partial charge on any atom is -0.344 e. The quantitative estimate of drug-likeness (QED) is 0.740. The number of carbonyl (C=O) groups is 1. The molecule has 1 N–H and O–H groups in total. The van der Waals surface area contributed by atoms with Crippen LogP contribution in [0.5, 0.6) is 0 Å². The van der Waals surface area contributed by atoms with E-state index in [2.05, 4.69) is 26.1 Å². The lowest BCUT2D eigenvalue weighted by atomic mass is 9.92. The summed E-state index contributed by atoms with van der Waals surface area (Å²) in [7, 11) is 1.87. The maximum atomic E-state index is 11.5. The Balaban J connectivity index is 2.23. The zero-order valence-electron chi connectivity index (χ0n) is 9.76. The molecule has 0 radical (unpaired) electrons. The van der Waals surface area contributed by atoms with Crippen LogP contribution in [0.25, 0.3) is 0 Å². The van der Waals surface area contributed by atoms with E-state index in [4.69, 9.17) is 0 Å². The van der Waals surface area contributed by atoms with Crippen molar-refractivity contribution in [3.05, 3.63) is 0 Å². The fourth-order valence-corrected chi connectivity index (χ4v) is 1.63. The lowest BCUT2D eigenvalue weighted by molar-refractivity contribution is -0.128. The monoisotopic (exact) mass is 198 g/mol. The fraction of sp³-hybridized carbons (Fsp3) is 0.909. The van der Waals surface area contributed by atoms with Gasteiger partial charge in [0.05, 0.1) is 6.04 Å². The van der Waals surface area contributed by atoms with Crippen LogP contribution in [-0.4, -0.2) is 37.0 Å². The van der Waals surface area contributed by atoms with Crippen LogP contribution < -0.4 is 5.32 Å². The minimum atomic E-state index is 0.0716. The summed E-state index contributed by atoms with van der Waals surface area (Å²) in [6.45, 7) is 8.49. The first-order valence-corrected chi connectivity index (χ1v) is 5.38. The third-order valence-corrected chi connectivity index (χ3v) is 2.69. The Labute approximate surface area is 86.9 Å². The van der Waals surface area contributed by atoms with E-state index in [1.807, 2.05) is 7.05 Å². The van der Waals surface area contributed by atoms with Crippen molar-refractivity contribution in [2.75, 3.05) is 20.1 Å². The number of amides is 1. The smallest absolute Gasteiger partial charge is 0.239 e. The number of nitrogens with one attached hydrogen (secondary N) is 1. The summed E-state index contributed by atoms with van der Waals surface area (Å²) < 4.78 is 0. The van der Waals surface area contributed by atoms with Crippen molar-refractivity contribution in [3.63, 3.8) is 0 Å². The molecule has 1 rings (SSSR count). The molecule has 3 heteroatoms. The molecule has 1 unspecified atom stereocenters. The van der Waals surface area contributed by atoms with Crippen LogP contribution in [0.1, 0.15) is 33.6 Å². The lowest BCUT2D eigenvalue weighted by Gasteiger charge is -2.19. The molecule has 14 heavy (non-hydrogen) atoms. The molecule has 0 aliphatic carbocycles. The molecular formula is C11H22N2O. The Morgan fingerprint density at radius 2 is 2.14 bits per heavy atom. The molecule has 1 amide bonds. The zero-order chi connectivity index (χ0) is 10.8. The second-order valence-electron chi connectivity index (χ2n) is 5.37. The molecule has 1 aliphatic heterocycles. The van der Waals surface area contributed by atoms with Crippen LogP contribution in [0.3, 0.4) is 0 Å². The van der Waals surface area contributed by atoms with Gasteiger partial charge in [-0.1, -0.05) is 20.8 Å². The zero-order valence-corrected chi connectivity index (χ0v) is 9.76. The van der Waals surface area contributed by atoms with Crippen LogP contribution in [0.15, 0.2) is 0 Å². The molecule has 3 nitrogen and oxygen atoms in total. The maximum Gasteiger partial charge on any atom is 0.239 e. The van der Waals surface area contributed by atoms with Crippen molar-refractivity contribution >= 4 is 5.91 Å². The standard InChI is InChI=1S/C11H22N2O/c1-11(2,3)6-7-12-9-5-8-13(4)10(9)14/h9,12H,5-8H2,1-4H3. The van der Waals surface area contributed by atoms with Gasteiger partial charge >= 0.3 is 0 Å². The number of rotatable bonds is 3. The van der Waals surface area contributed by atoms with Gasteiger partial charge in [0, 0.05) is 13.6 Å². The van der Waals surface area contributed by atoms with Crippen molar-refractivity contribution < 1.29 is 4.79 Å². The largest absolute Gasteiger partial charge is 0.344 e. The lowest BCUT2D eigenvalue weighted by Crippen LogP contribution is -2.38. The molecule has 1 fully saturated rings. The first kappa shape index (κ1) is 11.5. The first-order valence-electron chi connectivity index (χ1n) is 5.38. The number of hydrogen-bond donors (Lipinski definition) is 1. The van der Waals surface area contributed by atoms with E-state index in [0.29, 0.717) is 5.41 Å². The molecule has 0 bridgehead atoms. The third kappa shape index (κ3) is 3.29. The minimum absolute atomic E-state index is 0.0716. The number of nitrogens with zero attached hydrogens (tertiary/aromatic N) is 1. The van der Waals surface area contributed by atoms with Gasteiger partial charge in [0.15, 0.2) is 0 Å². The SMILES string of the molecule is CN1CCC(NCCC(C)(C)C)C1=O. The van der Waals surface area contributed by atoms with Gasteiger partial charge in [0.25, 0.3) is 0 Å². The average Bonchev–Trinajstić information content (AvgIpc) is 2.33. The predicted octanol–water partition coefficient (Wildman–Crippen LogP) is 1.24. The van der Waals surface area contributed by atoms with E-state index >= 15 is 0 Å². The fourth-order valence-electron chi connectivity index (χ4n) is 1.63. The maximum absolute atomic E-state index is 11.5. The van der Waals surface area contributed by atoms with Crippen molar-refractivity contribution in [2.24, 2.45) is 5.41 Å². The summed E-state index contributed by atoms with van der Waals surface area (Å²) in [6, 6.07) is 0.0716. The van der Waals surface area contributed by atoms with Gasteiger partial charge in [0.1, 0.15) is 0 Å². The molecule has 0 spiro atoms. The molecule has 1 atom stereocenters. The Hall–Kier alpha value is -0.570. The van der Waals surface area contributed by atoms with Crippen LogP contribution >= 0.6 is 0 Å². The van der Waals surface area contributed by atoms with E-state index in [9.17, 15) is 4.79 Å². The van der Waals surface area contributed by atoms with Crippen molar-refractivity contribution in [1.82, 2.24) is 10.2 Å². The van der Waals surface area contributed by atoms with E-state index in [0.717, 1.165) is 25.9 Å². The van der Waals surface area contributed by atoms with Gasteiger partial charge < -0.3 is 10.2 Å². The number of likely N-dealkylation sites (N-methyl/N-ethyl adjacent to an activating group) is 1. The Kier molecular flexibility index (Phi) is 3.53. The van der Waals surface area contributed by atoms with Crippen LogP contribution in [-0.2, 0) is 4.79 Å². The normalized spacial score (nSPS) is 23.3. The van der Waals surface area contributed by atoms with Crippen LogP contribution in [0.4, 0.5) is 0 Å². The van der Waals surface area contributed by atoms with Gasteiger partial charge in [-0.25, -0.2) is 0 Å². The number of likely N-dealkylation sites (tertiary alicyclic amines) is 1. The van der Waals surface area contributed by atoms with Crippen LogP contribution in [0, 0.1) is 5.41 Å². The Morgan fingerprint density at radius 1 is 1.50 bits per heavy atom. The molecule has 0 aromatic heterocycles. The van der Waals surface area contributed by atoms with Gasteiger partial charge in [-0.2, -0.15) is 0 Å². The van der Waals surface area contributed by atoms with E-state index < -0.39 is 0 Å². The molecular weight excluding hydrogens is 176 g/mol. The molecule has 82 valence electrons. The van der Waals surface area contributed by atoms with Crippen LogP contribution in [0.2, 0.25) is 0 Å². The van der Waals surface area contributed by atoms with Gasteiger partial charge in [-0.15, -0.1) is 0 Å². The summed E-state index contributed by atoms with van der Waals surface area (Å²) in [5.41, 5.74) is 0.348. The number of carbonyl (C=O) groups excluding carboxylic acids is 1. The summed E-state index contributed by atoms with van der Waals surface area (Å²) >= 11 is 0. The highest BCUT2D eigenvalue weighted by Crippen LogP contribution is 2.17. The summed E-state index contributed by atoms with van der Waals surface area (Å²) in [5.74, 6) is 0.249. The van der Waals surface area contributed by atoms with Crippen molar-refractivity contribution in [1.29, 1.82) is 0 Å². The summed E-state index contributed by atoms with van der Waals surface area (Å²) in [5, 5.41) is 3.33. The first-order chi connectivity index (χ1) is 6.40. The Bertz CT molecular complexity index is 208.